The average Bonchev–Trinajstić information content (AvgIpc) is 2.44. The lowest BCUT2D eigenvalue weighted by atomic mass is 9.88. The van der Waals surface area contributed by atoms with Crippen molar-refractivity contribution in [2.24, 2.45) is 0 Å². The number of halogens is 4. The van der Waals surface area contributed by atoms with Gasteiger partial charge in [0.25, 0.3) is 0 Å². The molecular formula is C13H14F4O4. The molecule has 118 valence electrons. The van der Waals surface area contributed by atoms with Gasteiger partial charge in [0.2, 0.25) is 11.6 Å². The van der Waals surface area contributed by atoms with Crippen molar-refractivity contribution >= 4 is 0 Å². The third-order valence-electron chi connectivity index (χ3n) is 3.16. The number of ether oxygens (including phenoxy) is 3. The fourth-order valence-electron chi connectivity index (χ4n) is 1.97. The summed E-state index contributed by atoms with van der Waals surface area (Å²) in [7, 11) is 1.45. The van der Waals surface area contributed by atoms with Crippen LogP contribution in [0.25, 0.3) is 0 Å². The van der Waals surface area contributed by atoms with Crippen LogP contribution in [0.1, 0.15) is 6.42 Å². The molecule has 0 aliphatic heterocycles. The van der Waals surface area contributed by atoms with E-state index in [4.69, 9.17) is 14.2 Å². The quantitative estimate of drug-likeness (QED) is 0.494. The molecule has 8 heteroatoms. The second-order valence-corrected chi connectivity index (χ2v) is 4.58. The van der Waals surface area contributed by atoms with E-state index in [1.165, 1.54) is 7.11 Å². The highest BCUT2D eigenvalue weighted by molar-refractivity contribution is 5.29. The van der Waals surface area contributed by atoms with Gasteiger partial charge in [0.15, 0.2) is 17.4 Å². The van der Waals surface area contributed by atoms with Gasteiger partial charge in [-0.1, -0.05) is 0 Å². The Bertz CT molecular complexity index is 485. The van der Waals surface area contributed by atoms with Crippen LogP contribution in [-0.2, 0) is 9.47 Å². The zero-order valence-corrected chi connectivity index (χ0v) is 11.1. The lowest BCUT2D eigenvalue weighted by Gasteiger charge is -2.40. The van der Waals surface area contributed by atoms with Gasteiger partial charge in [0, 0.05) is 19.6 Å². The van der Waals surface area contributed by atoms with Crippen LogP contribution in [0.3, 0.4) is 0 Å². The zero-order chi connectivity index (χ0) is 15.6. The summed E-state index contributed by atoms with van der Waals surface area (Å²) >= 11 is 0. The van der Waals surface area contributed by atoms with Crippen LogP contribution in [0.2, 0.25) is 0 Å². The first-order valence-electron chi connectivity index (χ1n) is 6.24. The van der Waals surface area contributed by atoms with Crippen LogP contribution in [-0.4, -0.2) is 43.7 Å². The molecule has 0 radical (unpaired) electrons. The molecule has 1 fully saturated rings. The Hall–Kier alpha value is -1.38. The summed E-state index contributed by atoms with van der Waals surface area (Å²) in [5, 5.41) is 9.52. The van der Waals surface area contributed by atoms with E-state index >= 15 is 0 Å². The summed E-state index contributed by atoms with van der Waals surface area (Å²) < 4.78 is 67.9. The highest BCUT2D eigenvalue weighted by atomic mass is 19.2. The first-order chi connectivity index (χ1) is 9.95. The molecule has 0 amide bonds. The topological polar surface area (TPSA) is 47.9 Å². The van der Waals surface area contributed by atoms with Gasteiger partial charge in [-0.05, 0) is 0 Å². The summed E-state index contributed by atoms with van der Waals surface area (Å²) in [6.45, 7) is 0.397. The molecule has 1 aliphatic rings. The van der Waals surface area contributed by atoms with Gasteiger partial charge in [-0.15, -0.1) is 0 Å². The molecule has 0 bridgehead atoms. The number of hydrogen-bond donors (Lipinski definition) is 1. The SMILES string of the molecule is COCCOC1C(O)CC1Oc1c(F)c(F)cc(F)c1F. The Labute approximate surface area is 118 Å². The second-order valence-electron chi connectivity index (χ2n) is 4.58. The molecule has 1 saturated carbocycles. The normalized spacial score (nSPS) is 24.8. The molecule has 2 rings (SSSR count). The van der Waals surface area contributed by atoms with Gasteiger partial charge < -0.3 is 19.3 Å². The summed E-state index contributed by atoms with van der Waals surface area (Å²) in [6.07, 6.45) is -2.59. The van der Waals surface area contributed by atoms with E-state index in [1.807, 2.05) is 0 Å². The summed E-state index contributed by atoms with van der Waals surface area (Å²) in [6, 6.07) is 0.0969. The molecule has 0 aromatic heterocycles. The Morgan fingerprint density at radius 1 is 1.14 bits per heavy atom. The number of aliphatic hydroxyl groups excluding tert-OH is 1. The zero-order valence-electron chi connectivity index (χ0n) is 11.1. The smallest absolute Gasteiger partial charge is 0.203 e. The number of benzene rings is 1. The standard InChI is InChI=1S/C13H14F4O4/c1-19-2-3-20-12-8(18)5-9(12)21-13-10(16)6(14)4-7(15)11(13)17/h4,8-9,12,18H,2-3,5H2,1H3. The number of methoxy groups -OCH3 is 1. The second kappa shape index (κ2) is 6.59. The molecule has 1 N–H and O–H groups in total. The van der Waals surface area contributed by atoms with Crippen LogP contribution >= 0.6 is 0 Å². The van der Waals surface area contributed by atoms with Crippen LogP contribution < -0.4 is 4.74 Å². The van der Waals surface area contributed by atoms with Crippen molar-refractivity contribution in [2.45, 2.75) is 24.7 Å². The predicted octanol–water partition coefficient (Wildman–Crippen LogP) is 1.79. The van der Waals surface area contributed by atoms with Crippen molar-refractivity contribution in [1.82, 2.24) is 0 Å². The number of rotatable bonds is 6. The Morgan fingerprint density at radius 3 is 2.29 bits per heavy atom. The van der Waals surface area contributed by atoms with Gasteiger partial charge >= 0.3 is 0 Å². The maximum Gasteiger partial charge on any atom is 0.203 e. The highest BCUT2D eigenvalue weighted by Crippen LogP contribution is 2.33. The third kappa shape index (κ3) is 3.28. The van der Waals surface area contributed by atoms with Crippen LogP contribution in [0, 0.1) is 23.3 Å². The van der Waals surface area contributed by atoms with Crippen LogP contribution in [0.4, 0.5) is 17.6 Å². The number of aliphatic hydroxyl groups is 1. The van der Waals surface area contributed by atoms with E-state index in [0.29, 0.717) is 0 Å². The van der Waals surface area contributed by atoms with Gasteiger partial charge in [-0.3, -0.25) is 0 Å². The summed E-state index contributed by atoms with van der Waals surface area (Å²) in [4.78, 5) is 0. The average molecular weight is 310 g/mol. The molecule has 0 heterocycles. The molecular weight excluding hydrogens is 296 g/mol. The van der Waals surface area contributed by atoms with Crippen LogP contribution in [0.5, 0.6) is 5.75 Å². The summed E-state index contributed by atoms with van der Waals surface area (Å²) in [5.74, 6) is -7.50. The first kappa shape index (κ1) is 16.0. The van der Waals surface area contributed by atoms with Crippen molar-refractivity contribution in [1.29, 1.82) is 0 Å². The van der Waals surface area contributed by atoms with Gasteiger partial charge in [-0.25, -0.2) is 8.78 Å². The minimum Gasteiger partial charge on any atom is -0.481 e. The van der Waals surface area contributed by atoms with Crippen molar-refractivity contribution in [3.8, 4) is 5.75 Å². The minimum absolute atomic E-state index is 0.0364. The van der Waals surface area contributed by atoms with E-state index in [9.17, 15) is 22.7 Å². The number of hydrogen-bond acceptors (Lipinski definition) is 4. The lowest BCUT2D eigenvalue weighted by molar-refractivity contribution is -0.168. The fourth-order valence-corrected chi connectivity index (χ4v) is 1.97. The van der Waals surface area contributed by atoms with E-state index < -0.39 is 47.3 Å². The Morgan fingerprint density at radius 2 is 1.76 bits per heavy atom. The van der Waals surface area contributed by atoms with Gasteiger partial charge in [0.05, 0.1) is 19.3 Å². The maximum absolute atomic E-state index is 13.5. The van der Waals surface area contributed by atoms with Crippen molar-refractivity contribution in [2.75, 3.05) is 20.3 Å². The van der Waals surface area contributed by atoms with Crippen molar-refractivity contribution < 1.29 is 36.9 Å². The molecule has 4 nitrogen and oxygen atoms in total. The fraction of sp³-hybridized carbons (Fsp3) is 0.538. The molecule has 1 aliphatic carbocycles. The third-order valence-corrected chi connectivity index (χ3v) is 3.16. The van der Waals surface area contributed by atoms with Crippen LogP contribution in [0.15, 0.2) is 6.07 Å². The van der Waals surface area contributed by atoms with Crippen molar-refractivity contribution in [3.05, 3.63) is 29.3 Å². The van der Waals surface area contributed by atoms with E-state index in [0.717, 1.165) is 0 Å². The molecule has 1 aromatic rings. The first-order valence-corrected chi connectivity index (χ1v) is 6.24. The predicted molar refractivity (Wildman–Crippen MR) is 62.9 cm³/mol. The molecule has 0 saturated heterocycles. The molecule has 0 spiro atoms. The van der Waals surface area contributed by atoms with E-state index in [2.05, 4.69) is 0 Å². The van der Waals surface area contributed by atoms with Gasteiger partial charge in [0.1, 0.15) is 12.2 Å². The van der Waals surface area contributed by atoms with E-state index in [1.54, 1.807) is 0 Å². The Balaban J connectivity index is 2.08. The maximum atomic E-state index is 13.5. The molecule has 1 aromatic carbocycles. The summed E-state index contributed by atoms with van der Waals surface area (Å²) in [5.41, 5.74) is 0. The monoisotopic (exact) mass is 310 g/mol. The Kier molecular flexibility index (Phi) is 5.02. The van der Waals surface area contributed by atoms with E-state index in [-0.39, 0.29) is 25.7 Å². The molecule has 21 heavy (non-hydrogen) atoms. The largest absolute Gasteiger partial charge is 0.481 e. The lowest BCUT2D eigenvalue weighted by Crippen LogP contribution is -2.55. The van der Waals surface area contributed by atoms with Gasteiger partial charge in [-0.2, -0.15) is 8.78 Å². The highest BCUT2D eigenvalue weighted by Gasteiger charge is 2.44. The molecule has 3 unspecified atom stereocenters. The minimum atomic E-state index is -1.62. The molecule has 3 atom stereocenters. The van der Waals surface area contributed by atoms with Crippen molar-refractivity contribution in [3.63, 3.8) is 0 Å².